The molecule has 9 nitrogen and oxygen atoms in total. The molecular formula is C30H33Cl2N3O6S. The summed E-state index contributed by atoms with van der Waals surface area (Å²) >= 11 is 12.4. The highest BCUT2D eigenvalue weighted by Gasteiger charge is 2.34. The number of fused-ring (bicyclic) bond motifs is 1. The highest BCUT2D eigenvalue weighted by molar-refractivity contribution is 7.92. The van der Waals surface area contributed by atoms with Crippen molar-refractivity contribution in [2.75, 3.05) is 23.9 Å². The number of ether oxygens (including phenoxy) is 2. The van der Waals surface area contributed by atoms with E-state index in [1.54, 1.807) is 30.3 Å². The monoisotopic (exact) mass is 633 g/mol. The average molecular weight is 635 g/mol. The summed E-state index contributed by atoms with van der Waals surface area (Å²) in [4.78, 5) is 29.3. The molecule has 1 heterocycles. The number of nitrogens with one attached hydrogen (secondary N) is 1. The van der Waals surface area contributed by atoms with Crippen molar-refractivity contribution < 1.29 is 27.5 Å². The van der Waals surface area contributed by atoms with Crippen LogP contribution in [0, 0.1) is 0 Å². The molecule has 4 rings (SSSR count). The fourth-order valence-corrected chi connectivity index (χ4v) is 5.65. The zero-order valence-corrected chi connectivity index (χ0v) is 25.9. The second-order valence-electron chi connectivity index (χ2n) is 10.1. The Bertz CT molecular complexity index is 1540. The van der Waals surface area contributed by atoms with Crippen molar-refractivity contribution >= 4 is 50.7 Å². The van der Waals surface area contributed by atoms with Gasteiger partial charge in [0.1, 0.15) is 12.6 Å². The van der Waals surface area contributed by atoms with Gasteiger partial charge in [0, 0.05) is 25.1 Å². The van der Waals surface area contributed by atoms with Gasteiger partial charge in [-0.1, -0.05) is 66.5 Å². The van der Waals surface area contributed by atoms with E-state index in [0.29, 0.717) is 33.5 Å². The van der Waals surface area contributed by atoms with Crippen molar-refractivity contribution in [2.24, 2.45) is 0 Å². The molecule has 1 aliphatic heterocycles. The Morgan fingerprint density at radius 1 is 0.952 bits per heavy atom. The molecule has 1 aliphatic rings. The number of benzene rings is 3. The van der Waals surface area contributed by atoms with Gasteiger partial charge in [0.2, 0.25) is 28.6 Å². The van der Waals surface area contributed by atoms with E-state index >= 15 is 0 Å². The zero-order chi connectivity index (χ0) is 30.4. The van der Waals surface area contributed by atoms with Crippen LogP contribution in [0.4, 0.5) is 5.69 Å². The number of sulfonamides is 1. The van der Waals surface area contributed by atoms with Crippen LogP contribution in [0.5, 0.6) is 11.5 Å². The first-order chi connectivity index (χ1) is 20.0. The number of carbonyl (C=O) groups excluding carboxylic acids is 2. The van der Waals surface area contributed by atoms with Crippen LogP contribution in [0.1, 0.15) is 31.4 Å². The molecule has 0 aliphatic carbocycles. The number of hydrogen-bond acceptors (Lipinski definition) is 6. The molecule has 0 saturated carbocycles. The lowest BCUT2D eigenvalue weighted by Crippen LogP contribution is -2.54. The lowest BCUT2D eigenvalue weighted by Gasteiger charge is -2.34. The van der Waals surface area contributed by atoms with Crippen LogP contribution in [0.25, 0.3) is 0 Å². The number of carbonyl (C=O) groups is 2. The summed E-state index contributed by atoms with van der Waals surface area (Å²) < 4.78 is 37.7. The van der Waals surface area contributed by atoms with Crippen molar-refractivity contribution in [3.8, 4) is 11.5 Å². The fourth-order valence-electron chi connectivity index (χ4n) is 4.48. The minimum Gasteiger partial charge on any atom is -0.454 e. The smallest absolute Gasteiger partial charge is 0.244 e. The van der Waals surface area contributed by atoms with Gasteiger partial charge in [0.15, 0.2) is 11.5 Å². The van der Waals surface area contributed by atoms with Gasteiger partial charge in [0.25, 0.3) is 0 Å². The maximum atomic E-state index is 14.2. The Balaban J connectivity index is 1.74. The first kappa shape index (κ1) is 31.5. The van der Waals surface area contributed by atoms with Crippen molar-refractivity contribution in [1.82, 2.24) is 10.2 Å². The van der Waals surface area contributed by atoms with Gasteiger partial charge < -0.3 is 19.7 Å². The number of rotatable bonds is 12. The molecule has 12 heteroatoms. The van der Waals surface area contributed by atoms with Crippen LogP contribution >= 0.6 is 23.2 Å². The van der Waals surface area contributed by atoms with E-state index in [4.69, 9.17) is 32.7 Å². The minimum absolute atomic E-state index is 0.0140. The molecule has 0 aromatic heterocycles. The molecule has 224 valence electrons. The Kier molecular flexibility index (Phi) is 10.2. The Hall–Kier alpha value is -3.47. The van der Waals surface area contributed by atoms with Crippen LogP contribution in [0.3, 0.4) is 0 Å². The zero-order valence-electron chi connectivity index (χ0n) is 23.5. The van der Waals surface area contributed by atoms with Gasteiger partial charge >= 0.3 is 0 Å². The normalized spacial score (nSPS) is 13.7. The van der Waals surface area contributed by atoms with Gasteiger partial charge in [-0.3, -0.25) is 13.9 Å². The van der Waals surface area contributed by atoms with Crippen molar-refractivity contribution in [3.05, 3.63) is 87.9 Å². The Labute approximate surface area is 256 Å². The third-order valence-electron chi connectivity index (χ3n) is 6.93. The predicted octanol–water partition coefficient (Wildman–Crippen LogP) is 5.04. The molecule has 2 atom stereocenters. The van der Waals surface area contributed by atoms with Crippen molar-refractivity contribution in [3.63, 3.8) is 0 Å². The molecule has 3 aromatic rings. The number of hydrogen-bond donors (Lipinski definition) is 1. The third-order valence-corrected chi connectivity index (χ3v) is 8.81. The molecule has 0 radical (unpaired) electrons. The van der Waals surface area contributed by atoms with E-state index in [1.807, 2.05) is 44.2 Å². The molecule has 0 bridgehead atoms. The minimum atomic E-state index is -3.93. The molecule has 0 fully saturated rings. The third kappa shape index (κ3) is 7.87. The van der Waals surface area contributed by atoms with Gasteiger partial charge in [-0.05, 0) is 48.7 Å². The van der Waals surface area contributed by atoms with Crippen molar-refractivity contribution in [2.45, 2.75) is 45.3 Å². The molecule has 3 aromatic carbocycles. The Morgan fingerprint density at radius 2 is 1.67 bits per heavy atom. The summed E-state index contributed by atoms with van der Waals surface area (Å²) in [5.74, 6) is -0.0828. The first-order valence-corrected chi connectivity index (χ1v) is 16.0. The van der Waals surface area contributed by atoms with Gasteiger partial charge in [-0.25, -0.2) is 8.42 Å². The summed E-state index contributed by atoms with van der Waals surface area (Å²) in [6.45, 7) is 3.28. The molecule has 0 saturated heterocycles. The number of nitrogens with zero attached hydrogens (tertiary/aromatic N) is 2. The van der Waals surface area contributed by atoms with Crippen LogP contribution in [-0.2, 0) is 32.6 Å². The summed E-state index contributed by atoms with van der Waals surface area (Å²) in [5, 5.41) is 3.63. The lowest BCUT2D eigenvalue weighted by atomic mass is 10.0. The summed E-state index contributed by atoms with van der Waals surface area (Å²) in [5.41, 5.74) is 1.69. The number of anilines is 1. The highest BCUT2D eigenvalue weighted by atomic mass is 35.5. The maximum Gasteiger partial charge on any atom is 0.244 e. The van der Waals surface area contributed by atoms with Gasteiger partial charge in [0.05, 0.1) is 22.0 Å². The van der Waals surface area contributed by atoms with E-state index in [-0.39, 0.29) is 37.4 Å². The molecule has 0 unspecified atom stereocenters. The van der Waals surface area contributed by atoms with Gasteiger partial charge in [-0.15, -0.1) is 0 Å². The maximum absolute atomic E-state index is 14.2. The molecule has 0 spiro atoms. The van der Waals surface area contributed by atoms with Crippen LogP contribution in [-0.4, -0.2) is 56.8 Å². The lowest BCUT2D eigenvalue weighted by molar-refractivity contribution is -0.140. The fraction of sp³-hybridized carbons (Fsp3) is 0.333. The second kappa shape index (κ2) is 13.7. The molecular weight excluding hydrogens is 601 g/mol. The van der Waals surface area contributed by atoms with Gasteiger partial charge in [-0.2, -0.15) is 0 Å². The summed E-state index contributed by atoms with van der Waals surface area (Å²) in [6.07, 6.45) is 1.92. The van der Waals surface area contributed by atoms with E-state index in [9.17, 15) is 18.0 Å². The first-order valence-electron chi connectivity index (χ1n) is 13.4. The average Bonchev–Trinajstić information content (AvgIpc) is 3.43. The van der Waals surface area contributed by atoms with Crippen molar-refractivity contribution in [1.29, 1.82) is 0 Å². The standard InChI is InChI=1S/C30H33Cl2N3O6S/c1-4-20(2)33-30(37)26(15-21-8-6-5-7-9-21)34(17-22-10-12-24(31)25(32)14-22)29(36)18-35(42(3,38)39)23-11-13-27-28(16-23)41-19-40-27/h5-14,16,20,26H,4,15,17-19H2,1-3H3,(H,33,37)/t20-,26+/m1/s1. The van der Waals surface area contributed by atoms with Crippen LogP contribution in [0.2, 0.25) is 10.0 Å². The topological polar surface area (TPSA) is 105 Å². The molecule has 42 heavy (non-hydrogen) atoms. The largest absolute Gasteiger partial charge is 0.454 e. The summed E-state index contributed by atoms with van der Waals surface area (Å²) in [7, 11) is -3.93. The number of halogens is 2. The second-order valence-corrected chi connectivity index (χ2v) is 12.8. The van der Waals surface area contributed by atoms with Crippen LogP contribution in [0.15, 0.2) is 66.7 Å². The van der Waals surface area contributed by atoms with E-state index in [2.05, 4.69) is 5.32 Å². The summed E-state index contributed by atoms with van der Waals surface area (Å²) in [6, 6.07) is 17.8. The highest BCUT2D eigenvalue weighted by Crippen LogP contribution is 2.36. The number of amides is 2. The Morgan fingerprint density at radius 3 is 2.33 bits per heavy atom. The predicted molar refractivity (Wildman–Crippen MR) is 164 cm³/mol. The SMILES string of the molecule is CC[C@@H](C)NC(=O)[C@H](Cc1ccccc1)N(Cc1ccc(Cl)c(Cl)c1)C(=O)CN(c1ccc2c(c1)OCO2)S(C)(=O)=O. The van der Waals surface area contributed by atoms with E-state index in [1.165, 1.54) is 11.0 Å². The molecule has 2 amide bonds. The van der Waals surface area contributed by atoms with E-state index in [0.717, 1.165) is 16.1 Å². The van der Waals surface area contributed by atoms with Crippen LogP contribution < -0.4 is 19.1 Å². The quantitative estimate of drug-likeness (QED) is 0.299. The molecule has 1 N–H and O–H groups in total. The van der Waals surface area contributed by atoms with E-state index < -0.39 is 28.5 Å².